The highest BCUT2D eigenvalue weighted by Crippen LogP contribution is 2.16. The fourth-order valence-corrected chi connectivity index (χ4v) is 0.943. The van der Waals surface area contributed by atoms with Gasteiger partial charge in [-0.05, 0) is 5.53 Å². The topological polar surface area (TPSA) is 119 Å². The van der Waals surface area contributed by atoms with Gasteiger partial charge in [0.05, 0.1) is 6.61 Å². The van der Waals surface area contributed by atoms with Gasteiger partial charge in [0, 0.05) is 4.91 Å². The number of aliphatic hydroxyl groups excluding tert-OH is 3. The molecule has 1 fully saturated rings. The number of nitrogens with zero attached hydrogens (tertiary/aromatic N) is 3. The van der Waals surface area contributed by atoms with Crippen LogP contribution in [0.5, 0.6) is 0 Å². The first-order valence-corrected chi connectivity index (χ1v) is 3.37. The average molecular weight is 175 g/mol. The minimum absolute atomic E-state index is 0.151. The van der Waals surface area contributed by atoms with Crippen molar-refractivity contribution in [1.82, 2.24) is 0 Å². The highest BCUT2D eigenvalue weighted by molar-refractivity contribution is 4.85. The maximum absolute atomic E-state index is 9.14. The zero-order valence-corrected chi connectivity index (χ0v) is 6.11. The first kappa shape index (κ1) is 9.24. The van der Waals surface area contributed by atoms with Crippen LogP contribution >= 0.6 is 0 Å². The van der Waals surface area contributed by atoms with E-state index in [0.29, 0.717) is 0 Å². The Balaban J connectivity index is 2.64. The Hall–Kier alpha value is -0.850. The fraction of sp³-hybridized carbons (Fsp3) is 1.00. The Morgan fingerprint density at radius 2 is 2.00 bits per heavy atom. The number of hydrogen-bond donors (Lipinski definition) is 3. The maximum Gasteiger partial charge on any atom is 0.165 e. The van der Waals surface area contributed by atoms with E-state index in [1.54, 1.807) is 0 Å². The molecule has 0 bridgehead atoms. The third-order valence-corrected chi connectivity index (χ3v) is 1.64. The van der Waals surface area contributed by atoms with Gasteiger partial charge in [0.15, 0.2) is 6.23 Å². The van der Waals surface area contributed by atoms with Gasteiger partial charge in [0.2, 0.25) is 0 Å². The van der Waals surface area contributed by atoms with Crippen molar-refractivity contribution >= 4 is 0 Å². The van der Waals surface area contributed by atoms with E-state index in [1.165, 1.54) is 0 Å². The van der Waals surface area contributed by atoms with Crippen molar-refractivity contribution in [1.29, 1.82) is 0 Å². The lowest BCUT2D eigenvalue weighted by molar-refractivity contribution is -0.184. The van der Waals surface area contributed by atoms with Crippen LogP contribution in [0.15, 0.2) is 5.11 Å². The van der Waals surface area contributed by atoms with Crippen LogP contribution in [0.2, 0.25) is 0 Å². The minimum Gasteiger partial charge on any atom is -0.388 e. The van der Waals surface area contributed by atoms with Crippen LogP contribution in [0.1, 0.15) is 0 Å². The van der Waals surface area contributed by atoms with Gasteiger partial charge in [-0.3, -0.25) is 0 Å². The first-order chi connectivity index (χ1) is 5.66. The van der Waals surface area contributed by atoms with Crippen LogP contribution in [0, 0.1) is 0 Å². The van der Waals surface area contributed by atoms with Crippen molar-refractivity contribution in [2.75, 3.05) is 6.61 Å². The van der Waals surface area contributed by atoms with E-state index in [2.05, 4.69) is 10.0 Å². The molecular formula is C5H9N3O4. The molecule has 0 aliphatic carbocycles. The first-order valence-electron chi connectivity index (χ1n) is 3.37. The van der Waals surface area contributed by atoms with Crippen molar-refractivity contribution in [2.24, 2.45) is 5.11 Å². The molecule has 1 unspecified atom stereocenters. The zero-order valence-electron chi connectivity index (χ0n) is 6.11. The van der Waals surface area contributed by atoms with E-state index < -0.39 is 24.5 Å². The summed E-state index contributed by atoms with van der Waals surface area (Å²) in [5.41, 5.74) is 8.01. The SMILES string of the molecule is [N-]=[N+]=N[C@H]1OC[C@H](O)[C@@H](O)C1O. The van der Waals surface area contributed by atoms with Gasteiger partial charge < -0.3 is 20.1 Å². The van der Waals surface area contributed by atoms with Gasteiger partial charge in [0.25, 0.3) is 0 Å². The molecule has 1 aliphatic heterocycles. The summed E-state index contributed by atoms with van der Waals surface area (Å²) in [6.07, 6.45) is -4.95. The van der Waals surface area contributed by atoms with Crippen LogP contribution in [-0.2, 0) is 4.74 Å². The summed E-state index contributed by atoms with van der Waals surface area (Å²) in [6, 6.07) is 0. The van der Waals surface area contributed by atoms with E-state index in [0.717, 1.165) is 0 Å². The molecule has 0 aromatic rings. The van der Waals surface area contributed by atoms with Crippen molar-refractivity contribution in [3.63, 3.8) is 0 Å². The third-order valence-electron chi connectivity index (χ3n) is 1.64. The van der Waals surface area contributed by atoms with Crippen molar-refractivity contribution in [3.05, 3.63) is 10.4 Å². The van der Waals surface area contributed by atoms with Crippen LogP contribution in [0.4, 0.5) is 0 Å². The van der Waals surface area contributed by atoms with Crippen molar-refractivity contribution in [3.8, 4) is 0 Å². The number of aliphatic hydroxyl groups is 3. The fourth-order valence-electron chi connectivity index (χ4n) is 0.943. The molecule has 0 aromatic carbocycles. The molecule has 0 amide bonds. The third kappa shape index (κ3) is 1.66. The van der Waals surface area contributed by atoms with Gasteiger partial charge in [-0.15, -0.1) is 0 Å². The quantitative estimate of drug-likeness (QED) is 0.261. The lowest BCUT2D eigenvalue weighted by atomic mass is 10.1. The van der Waals surface area contributed by atoms with Gasteiger partial charge in [-0.2, -0.15) is 0 Å². The van der Waals surface area contributed by atoms with E-state index in [4.69, 9.17) is 25.6 Å². The van der Waals surface area contributed by atoms with Gasteiger partial charge in [-0.1, -0.05) is 5.11 Å². The van der Waals surface area contributed by atoms with E-state index in [-0.39, 0.29) is 6.61 Å². The van der Waals surface area contributed by atoms with E-state index in [9.17, 15) is 0 Å². The second kappa shape index (κ2) is 3.70. The maximum atomic E-state index is 9.14. The summed E-state index contributed by atoms with van der Waals surface area (Å²) >= 11 is 0. The molecule has 4 atom stereocenters. The molecule has 1 heterocycles. The molecule has 1 aliphatic rings. The predicted octanol–water partition coefficient (Wildman–Crippen LogP) is -1.26. The van der Waals surface area contributed by atoms with Gasteiger partial charge in [-0.25, -0.2) is 0 Å². The molecule has 0 saturated carbocycles. The van der Waals surface area contributed by atoms with Crippen LogP contribution in [0.25, 0.3) is 10.4 Å². The van der Waals surface area contributed by atoms with Crippen LogP contribution < -0.4 is 0 Å². The molecule has 0 spiro atoms. The Morgan fingerprint density at radius 3 is 2.58 bits per heavy atom. The minimum atomic E-state index is -1.37. The Labute approximate surface area is 67.8 Å². The Morgan fingerprint density at radius 1 is 1.33 bits per heavy atom. The molecule has 7 nitrogen and oxygen atoms in total. The summed E-state index contributed by atoms with van der Waals surface area (Å²) in [5.74, 6) is 0. The van der Waals surface area contributed by atoms with Crippen LogP contribution in [0.3, 0.4) is 0 Å². The monoisotopic (exact) mass is 175 g/mol. The highest BCUT2D eigenvalue weighted by Gasteiger charge is 2.36. The average Bonchev–Trinajstić information content (AvgIpc) is 2.07. The summed E-state index contributed by atoms with van der Waals surface area (Å²) in [4.78, 5) is 2.42. The standard InChI is InChI=1S/C5H9N3O4/c6-8-7-5-4(11)3(10)2(9)1-12-5/h2-5,9-11H,1H2/t2-,3+,4?,5-/m0/s1. The molecular weight excluding hydrogens is 166 g/mol. The molecule has 0 aromatic heterocycles. The number of ether oxygens (including phenoxy) is 1. The predicted molar refractivity (Wildman–Crippen MR) is 36.9 cm³/mol. The number of azide groups is 1. The molecule has 1 saturated heterocycles. The normalized spacial score (nSPS) is 41.9. The molecule has 3 N–H and O–H groups in total. The lowest BCUT2D eigenvalue weighted by Gasteiger charge is -2.32. The van der Waals surface area contributed by atoms with E-state index >= 15 is 0 Å². The summed E-state index contributed by atoms with van der Waals surface area (Å²) < 4.78 is 4.73. The van der Waals surface area contributed by atoms with Crippen LogP contribution in [-0.4, -0.2) is 46.5 Å². The molecule has 68 valence electrons. The Kier molecular flexibility index (Phi) is 2.85. The lowest BCUT2D eigenvalue weighted by Crippen LogP contribution is -2.51. The van der Waals surface area contributed by atoms with Gasteiger partial charge >= 0.3 is 0 Å². The molecule has 0 radical (unpaired) electrons. The second-order valence-corrected chi connectivity index (χ2v) is 2.48. The number of rotatable bonds is 1. The highest BCUT2D eigenvalue weighted by atomic mass is 16.5. The summed E-state index contributed by atoms with van der Waals surface area (Å²) in [5, 5.41) is 30.3. The van der Waals surface area contributed by atoms with Crippen molar-refractivity contribution in [2.45, 2.75) is 24.5 Å². The van der Waals surface area contributed by atoms with Gasteiger partial charge in [0.1, 0.15) is 18.3 Å². The second-order valence-electron chi connectivity index (χ2n) is 2.48. The molecule has 12 heavy (non-hydrogen) atoms. The Bertz CT molecular complexity index is 205. The largest absolute Gasteiger partial charge is 0.388 e. The number of hydrogen-bond acceptors (Lipinski definition) is 5. The van der Waals surface area contributed by atoms with E-state index in [1.807, 2.05) is 0 Å². The summed E-state index contributed by atoms with van der Waals surface area (Å²) in [7, 11) is 0. The van der Waals surface area contributed by atoms with Crippen molar-refractivity contribution < 1.29 is 20.1 Å². The zero-order chi connectivity index (χ0) is 9.14. The molecule has 7 heteroatoms. The summed E-state index contributed by atoms with van der Waals surface area (Å²) in [6.45, 7) is -0.151. The molecule has 1 rings (SSSR count). The smallest absolute Gasteiger partial charge is 0.165 e.